The third-order valence-corrected chi connectivity index (χ3v) is 4.70. The van der Waals surface area contributed by atoms with Crippen LogP contribution < -0.4 is 19.5 Å². The van der Waals surface area contributed by atoms with E-state index in [0.29, 0.717) is 35.7 Å². The number of nitrogens with one attached hydrogen (secondary N) is 1. The maximum atomic E-state index is 12.4. The standard InChI is InChI=1S/C23H29F3N2O4/c1-15-8-18(9-16(2)22(15)32-14-23(24,25)26)12-28(3)13-21(29)27-11-17-6-7-19(30-4)20(10-17)31-5/h6-10H,11-14H2,1-5H3,(H,27,29). The van der Waals surface area contributed by atoms with Crippen LogP contribution in [0.15, 0.2) is 30.3 Å². The number of rotatable bonds is 10. The molecule has 0 saturated heterocycles. The molecule has 1 amide bonds. The zero-order valence-electron chi connectivity index (χ0n) is 18.9. The molecule has 6 nitrogen and oxygen atoms in total. The van der Waals surface area contributed by atoms with Crippen molar-refractivity contribution in [3.05, 3.63) is 52.6 Å². The Balaban J connectivity index is 1.90. The third-order valence-electron chi connectivity index (χ3n) is 4.70. The second-order valence-corrected chi connectivity index (χ2v) is 7.60. The molecule has 0 aliphatic heterocycles. The van der Waals surface area contributed by atoms with Gasteiger partial charge in [0.15, 0.2) is 18.1 Å². The van der Waals surface area contributed by atoms with Crippen molar-refractivity contribution in [2.75, 3.05) is 34.4 Å². The van der Waals surface area contributed by atoms with Crippen LogP contribution in [0.5, 0.6) is 17.2 Å². The molecule has 0 aliphatic rings. The first-order chi connectivity index (χ1) is 15.0. The number of carbonyl (C=O) groups is 1. The highest BCUT2D eigenvalue weighted by molar-refractivity contribution is 5.78. The number of aryl methyl sites for hydroxylation is 2. The molecule has 9 heteroatoms. The normalized spacial score (nSPS) is 11.4. The number of hydrogen-bond donors (Lipinski definition) is 1. The summed E-state index contributed by atoms with van der Waals surface area (Å²) in [7, 11) is 4.91. The monoisotopic (exact) mass is 454 g/mol. The van der Waals surface area contributed by atoms with E-state index >= 15 is 0 Å². The molecule has 0 fully saturated rings. The first-order valence-corrected chi connectivity index (χ1v) is 9.98. The molecule has 0 saturated carbocycles. The van der Waals surface area contributed by atoms with E-state index < -0.39 is 12.8 Å². The second-order valence-electron chi connectivity index (χ2n) is 7.60. The molecule has 0 atom stereocenters. The number of ether oxygens (including phenoxy) is 3. The van der Waals surface area contributed by atoms with Crippen molar-refractivity contribution in [1.82, 2.24) is 10.2 Å². The number of hydrogen-bond acceptors (Lipinski definition) is 5. The molecule has 0 unspecified atom stereocenters. The number of benzene rings is 2. The van der Waals surface area contributed by atoms with Gasteiger partial charge in [-0.2, -0.15) is 13.2 Å². The highest BCUT2D eigenvalue weighted by atomic mass is 19.4. The predicted molar refractivity (Wildman–Crippen MR) is 115 cm³/mol. The average molecular weight is 454 g/mol. The summed E-state index contributed by atoms with van der Waals surface area (Å²) in [5, 5.41) is 2.86. The zero-order valence-corrected chi connectivity index (χ0v) is 18.9. The van der Waals surface area contributed by atoms with Crippen LogP contribution in [0.25, 0.3) is 0 Å². The number of likely N-dealkylation sites (N-methyl/N-ethyl adjacent to an activating group) is 1. The van der Waals surface area contributed by atoms with E-state index in [9.17, 15) is 18.0 Å². The van der Waals surface area contributed by atoms with E-state index in [0.717, 1.165) is 11.1 Å². The minimum absolute atomic E-state index is 0.152. The van der Waals surface area contributed by atoms with Crippen molar-refractivity contribution in [2.45, 2.75) is 33.1 Å². The van der Waals surface area contributed by atoms with Crippen LogP contribution >= 0.6 is 0 Å². The summed E-state index contributed by atoms with van der Waals surface area (Å²) >= 11 is 0. The van der Waals surface area contributed by atoms with Gasteiger partial charge in [-0.25, -0.2) is 0 Å². The van der Waals surface area contributed by atoms with E-state index in [-0.39, 0.29) is 18.2 Å². The largest absolute Gasteiger partial charge is 0.493 e. The zero-order chi connectivity index (χ0) is 23.9. The van der Waals surface area contributed by atoms with Gasteiger partial charge in [0.2, 0.25) is 5.91 Å². The molecule has 0 aliphatic carbocycles. The van der Waals surface area contributed by atoms with Crippen molar-refractivity contribution in [3.63, 3.8) is 0 Å². The lowest BCUT2D eigenvalue weighted by molar-refractivity contribution is -0.153. The SMILES string of the molecule is COc1ccc(CNC(=O)CN(C)Cc2cc(C)c(OCC(F)(F)F)c(C)c2)cc1OC. The van der Waals surface area contributed by atoms with Gasteiger partial charge in [0.25, 0.3) is 0 Å². The van der Waals surface area contributed by atoms with Crippen molar-refractivity contribution >= 4 is 5.91 Å². The molecule has 2 aromatic rings. The molecule has 0 radical (unpaired) electrons. The van der Waals surface area contributed by atoms with Gasteiger partial charge in [-0.05, 0) is 55.3 Å². The summed E-state index contributed by atoms with van der Waals surface area (Å²) in [4.78, 5) is 14.2. The van der Waals surface area contributed by atoms with E-state index in [1.54, 1.807) is 59.4 Å². The first-order valence-electron chi connectivity index (χ1n) is 9.98. The minimum Gasteiger partial charge on any atom is -0.493 e. The minimum atomic E-state index is -4.39. The van der Waals surface area contributed by atoms with E-state index in [4.69, 9.17) is 14.2 Å². The number of nitrogens with zero attached hydrogens (tertiary/aromatic N) is 1. The summed E-state index contributed by atoms with van der Waals surface area (Å²) < 4.78 is 52.7. The number of carbonyl (C=O) groups excluding carboxylic acids is 1. The van der Waals surface area contributed by atoms with Gasteiger partial charge in [0, 0.05) is 13.1 Å². The molecular formula is C23H29F3N2O4. The fraction of sp³-hybridized carbons (Fsp3) is 0.435. The van der Waals surface area contributed by atoms with Crippen molar-refractivity contribution in [3.8, 4) is 17.2 Å². The molecule has 0 spiro atoms. The second kappa shape index (κ2) is 11.1. The Morgan fingerprint density at radius 3 is 2.19 bits per heavy atom. The van der Waals surface area contributed by atoms with Gasteiger partial charge in [0.05, 0.1) is 20.8 Å². The molecule has 176 valence electrons. The highest BCUT2D eigenvalue weighted by Gasteiger charge is 2.29. The Hall–Kier alpha value is -2.94. The Kier molecular flexibility index (Phi) is 8.77. The third kappa shape index (κ3) is 7.64. The maximum absolute atomic E-state index is 12.4. The van der Waals surface area contributed by atoms with E-state index in [1.807, 2.05) is 11.0 Å². The highest BCUT2D eigenvalue weighted by Crippen LogP contribution is 2.28. The molecule has 32 heavy (non-hydrogen) atoms. The molecule has 2 rings (SSSR count). The molecule has 1 N–H and O–H groups in total. The van der Waals surface area contributed by atoms with Gasteiger partial charge in [-0.3, -0.25) is 9.69 Å². The van der Waals surface area contributed by atoms with Gasteiger partial charge in [-0.15, -0.1) is 0 Å². The molecule has 0 bridgehead atoms. The van der Waals surface area contributed by atoms with Crippen LogP contribution in [0.4, 0.5) is 13.2 Å². The number of amides is 1. The lowest BCUT2D eigenvalue weighted by atomic mass is 10.1. The molecule has 2 aromatic carbocycles. The van der Waals surface area contributed by atoms with Crippen LogP contribution in [0.1, 0.15) is 22.3 Å². The lowest BCUT2D eigenvalue weighted by Gasteiger charge is -2.19. The fourth-order valence-electron chi connectivity index (χ4n) is 3.37. The quantitative estimate of drug-likeness (QED) is 0.588. The first kappa shape index (κ1) is 25.3. The molecule has 0 heterocycles. The summed E-state index contributed by atoms with van der Waals surface area (Å²) in [6, 6.07) is 8.97. The number of methoxy groups -OCH3 is 2. The van der Waals surface area contributed by atoms with Crippen molar-refractivity contribution < 1.29 is 32.2 Å². The predicted octanol–water partition coefficient (Wildman–Crippen LogP) is 4.01. The molecule has 0 aromatic heterocycles. The van der Waals surface area contributed by atoms with Crippen LogP contribution in [0.3, 0.4) is 0 Å². The number of halogens is 3. The van der Waals surface area contributed by atoms with E-state index in [2.05, 4.69) is 5.32 Å². The lowest BCUT2D eigenvalue weighted by Crippen LogP contribution is -2.34. The van der Waals surface area contributed by atoms with Crippen LogP contribution in [-0.2, 0) is 17.9 Å². The fourth-order valence-corrected chi connectivity index (χ4v) is 3.37. The van der Waals surface area contributed by atoms with Crippen LogP contribution in [0.2, 0.25) is 0 Å². The van der Waals surface area contributed by atoms with Crippen molar-refractivity contribution in [2.24, 2.45) is 0 Å². The van der Waals surface area contributed by atoms with Gasteiger partial charge < -0.3 is 19.5 Å². The Labute approximate surface area is 186 Å². The summed E-state index contributed by atoms with van der Waals surface area (Å²) in [6.07, 6.45) is -4.39. The Morgan fingerprint density at radius 1 is 1.00 bits per heavy atom. The van der Waals surface area contributed by atoms with Gasteiger partial charge in [-0.1, -0.05) is 18.2 Å². The average Bonchev–Trinajstić information content (AvgIpc) is 2.70. The van der Waals surface area contributed by atoms with Gasteiger partial charge >= 0.3 is 6.18 Å². The number of alkyl halides is 3. The van der Waals surface area contributed by atoms with E-state index in [1.165, 1.54) is 0 Å². The summed E-state index contributed by atoms with van der Waals surface area (Å²) in [6.45, 7) is 3.06. The van der Waals surface area contributed by atoms with Crippen molar-refractivity contribution in [1.29, 1.82) is 0 Å². The smallest absolute Gasteiger partial charge is 0.422 e. The Bertz CT molecular complexity index is 909. The van der Waals surface area contributed by atoms with Crippen LogP contribution in [0, 0.1) is 13.8 Å². The maximum Gasteiger partial charge on any atom is 0.422 e. The van der Waals surface area contributed by atoms with Crippen LogP contribution in [-0.4, -0.2) is 51.4 Å². The Morgan fingerprint density at radius 2 is 1.62 bits per heavy atom. The summed E-state index contributed by atoms with van der Waals surface area (Å²) in [5.74, 6) is 1.29. The molecular weight excluding hydrogens is 425 g/mol. The topological polar surface area (TPSA) is 60.0 Å². The summed E-state index contributed by atoms with van der Waals surface area (Å²) in [5.41, 5.74) is 3.00. The van der Waals surface area contributed by atoms with Gasteiger partial charge in [0.1, 0.15) is 5.75 Å².